The van der Waals surface area contributed by atoms with Crippen molar-refractivity contribution in [3.8, 4) is 0 Å². The van der Waals surface area contributed by atoms with Gasteiger partial charge in [-0.15, -0.1) is 24.8 Å². The Kier molecular flexibility index (Phi) is 16.7. The predicted molar refractivity (Wildman–Crippen MR) is 98.5 cm³/mol. The lowest BCUT2D eigenvalue weighted by atomic mass is 10.3. The Labute approximate surface area is 157 Å². The van der Waals surface area contributed by atoms with Gasteiger partial charge in [0.05, 0.1) is 0 Å². The number of ether oxygens (including phenoxy) is 2. The van der Waals surface area contributed by atoms with Crippen LogP contribution in [0.4, 0.5) is 9.59 Å². The molecule has 0 aliphatic carbocycles. The molecule has 0 aromatic rings. The summed E-state index contributed by atoms with van der Waals surface area (Å²) in [6.45, 7) is 10.4. The van der Waals surface area contributed by atoms with Crippen molar-refractivity contribution in [1.82, 2.24) is 15.5 Å². The summed E-state index contributed by atoms with van der Waals surface area (Å²) < 4.78 is 10.5. The molecule has 0 fully saturated rings. The highest BCUT2D eigenvalue weighted by Gasteiger charge is 2.35. The molecule has 8 nitrogen and oxygen atoms in total. The van der Waals surface area contributed by atoms with E-state index >= 15 is 0 Å². The van der Waals surface area contributed by atoms with Gasteiger partial charge in [0.25, 0.3) is 0 Å². The Hall–Kier alpha value is -0.960. The first kappa shape index (κ1) is 27.9. The lowest BCUT2D eigenvalue weighted by Gasteiger charge is -2.39. The van der Waals surface area contributed by atoms with E-state index in [-0.39, 0.29) is 24.8 Å². The minimum absolute atomic E-state index is 0. The lowest BCUT2D eigenvalue weighted by molar-refractivity contribution is -0.156. The van der Waals surface area contributed by atoms with Crippen LogP contribution in [-0.2, 0) is 9.47 Å². The van der Waals surface area contributed by atoms with Crippen LogP contribution in [-0.4, -0.2) is 48.8 Å². The van der Waals surface area contributed by atoms with Crippen LogP contribution in [0.3, 0.4) is 0 Å². The number of halogens is 2. The Bertz CT molecular complexity index is 360. The molecule has 0 aliphatic heterocycles. The van der Waals surface area contributed by atoms with Crippen LogP contribution in [0.25, 0.3) is 0 Å². The average Bonchev–Trinajstić information content (AvgIpc) is 2.42. The van der Waals surface area contributed by atoms with E-state index in [1.807, 2.05) is 20.8 Å². The normalized spacial score (nSPS) is 13.6. The summed E-state index contributed by atoms with van der Waals surface area (Å²) in [5.41, 5.74) is 6.05. The molecule has 0 aromatic carbocycles. The Morgan fingerprint density at radius 3 is 1.96 bits per heavy atom. The van der Waals surface area contributed by atoms with E-state index in [2.05, 4.69) is 10.6 Å². The second-order valence-corrected chi connectivity index (χ2v) is 5.09. The van der Waals surface area contributed by atoms with Gasteiger partial charge in [0.1, 0.15) is 0 Å². The number of nitrogens with zero attached hydrogens (tertiary/aromatic N) is 1. The molecule has 0 saturated heterocycles. The van der Waals surface area contributed by atoms with Crippen molar-refractivity contribution in [1.29, 1.82) is 0 Å². The van der Waals surface area contributed by atoms with Crippen molar-refractivity contribution in [2.45, 2.75) is 59.5 Å². The predicted octanol–water partition coefficient (Wildman–Crippen LogP) is 2.40. The van der Waals surface area contributed by atoms with Crippen molar-refractivity contribution in [3.05, 3.63) is 0 Å². The molecule has 0 aliphatic rings. The van der Waals surface area contributed by atoms with Gasteiger partial charge in [-0.3, -0.25) is 5.73 Å². The monoisotopic (exact) mass is 390 g/mol. The number of carbonyl (C=O) groups excluding carboxylic acids is 2. The molecule has 4 N–H and O–H groups in total. The quantitative estimate of drug-likeness (QED) is 0.521. The summed E-state index contributed by atoms with van der Waals surface area (Å²) in [4.78, 5) is 24.8. The summed E-state index contributed by atoms with van der Waals surface area (Å²) in [6, 6.07) is 0. The van der Waals surface area contributed by atoms with Gasteiger partial charge >= 0.3 is 12.2 Å². The minimum atomic E-state index is -1.39. The zero-order valence-corrected chi connectivity index (χ0v) is 16.7. The van der Waals surface area contributed by atoms with Crippen LogP contribution in [0.1, 0.15) is 47.5 Å². The van der Waals surface area contributed by atoms with E-state index in [9.17, 15) is 9.59 Å². The fourth-order valence-corrected chi connectivity index (χ4v) is 1.93. The molecular weight excluding hydrogens is 359 g/mol. The molecule has 0 aromatic heterocycles. The summed E-state index contributed by atoms with van der Waals surface area (Å²) in [5.74, 6) is -1.39. The molecule has 2 unspecified atom stereocenters. The van der Waals surface area contributed by atoms with Gasteiger partial charge in [-0.1, -0.05) is 20.8 Å². The van der Waals surface area contributed by atoms with Gasteiger partial charge in [0.15, 0.2) is 6.23 Å². The Balaban J connectivity index is -0.00000220. The number of carbonyl (C=O) groups is 2. The lowest BCUT2D eigenvalue weighted by Crippen LogP contribution is -2.61. The summed E-state index contributed by atoms with van der Waals surface area (Å²) >= 11 is 0. The van der Waals surface area contributed by atoms with Crippen molar-refractivity contribution in [3.63, 3.8) is 0 Å². The molecule has 2 amide bonds. The highest BCUT2D eigenvalue weighted by atomic mass is 35.5. The molecule has 0 spiro atoms. The smallest absolute Gasteiger partial charge is 0.409 e. The molecule has 0 radical (unpaired) electrons. The molecule has 2 atom stereocenters. The third-order valence-corrected chi connectivity index (χ3v) is 2.97. The largest absolute Gasteiger partial charge is 0.430 e. The van der Waals surface area contributed by atoms with Gasteiger partial charge in [0.2, 0.25) is 5.85 Å². The second-order valence-electron chi connectivity index (χ2n) is 5.09. The van der Waals surface area contributed by atoms with Crippen LogP contribution in [0.5, 0.6) is 0 Å². The second kappa shape index (κ2) is 14.4. The maximum absolute atomic E-state index is 11.7. The molecule has 10 heteroatoms. The summed E-state index contributed by atoms with van der Waals surface area (Å²) in [7, 11) is 0. The van der Waals surface area contributed by atoms with Crippen LogP contribution in [0.15, 0.2) is 0 Å². The number of nitrogens with one attached hydrogen (secondary N) is 2. The molecule has 0 bridgehead atoms. The summed E-state index contributed by atoms with van der Waals surface area (Å²) in [5, 5.41) is 5.20. The number of hydrogen-bond acceptors (Lipinski definition) is 6. The van der Waals surface area contributed by atoms with Crippen LogP contribution >= 0.6 is 24.8 Å². The molecular formula is C14H32Cl2N4O4. The highest BCUT2D eigenvalue weighted by Crippen LogP contribution is 2.15. The van der Waals surface area contributed by atoms with Crippen molar-refractivity contribution >= 4 is 37.0 Å². The van der Waals surface area contributed by atoms with E-state index in [0.29, 0.717) is 19.6 Å². The first-order valence-corrected chi connectivity index (χ1v) is 7.75. The van der Waals surface area contributed by atoms with Gasteiger partial charge in [-0.25, -0.2) is 14.5 Å². The van der Waals surface area contributed by atoms with Gasteiger partial charge < -0.3 is 20.1 Å². The SMILES string of the molecule is CCCNC(=O)OC(C)N(CC)C(C)(N)OC(=O)NCCC.Cl.Cl. The van der Waals surface area contributed by atoms with Crippen LogP contribution < -0.4 is 16.4 Å². The van der Waals surface area contributed by atoms with Gasteiger partial charge in [-0.05, 0) is 19.8 Å². The zero-order valence-electron chi connectivity index (χ0n) is 15.1. The van der Waals surface area contributed by atoms with Crippen LogP contribution in [0, 0.1) is 0 Å². The molecule has 24 heavy (non-hydrogen) atoms. The van der Waals surface area contributed by atoms with Gasteiger partial charge in [-0.2, -0.15) is 0 Å². The van der Waals surface area contributed by atoms with Crippen LogP contribution in [0.2, 0.25) is 0 Å². The number of hydrogen-bond donors (Lipinski definition) is 3. The first-order valence-electron chi connectivity index (χ1n) is 7.75. The van der Waals surface area contributed by atoms with E-state index in [4.69, 9.17) is 15.2 Å². The van der Waals surface area contributed by atoms with Gasteiger partial charge in [0, 0.05) is 26.6 Å². The number of amides is 2. The third-order valence-electron chi connectivity index (χ3n) is 2.97. The minimum Gasteiger partial charge on any atom is -0.430 e. The topological polar surface area (TPSA) is 106 Å². The molecule has 0 saturated carbocycles. The molecule has 0 rings (SSSR count). The fraction of sp³-hybridized carbons (Fsp3) is 0.857. The van der Waals surface area contributed by atoms with E-state index in [1.165, 1.54) is 0 Å². The number of nitrogens with two attached hydrogens (primary N) is 1. The Morgan fingerprint density at radius 1 is 1.08 bits per heavy atom. The van der Waals surface area contributed by atoms with Crippen molar-refractivity contribution in [2.75, 3.05) is 19.6 Å². The number of alkyl carbamates (subject to hydrolysis) is 2. The molecule has 146 valence electrons. The van der Waals surface area contributed by atoms with Crippen molar-refractivity contribution < 1.29 is 19.1 Å². The third kappa shape index (κ3) is 10.7. The van der Waals surface area contributed by atoms with E-state index in [1.54, 1.807) is 18.7 Å². The average molecular weight is 391 g/mol. The molecule has 0 heterocycles. The zero-order chi connectivity index (χ0) is 17.2. The number of rotatable bonds is 9. The van der Waals surface area contributed by atoms with E-state index < -0.39 is 24.3 Å². The summed E-state index contributed by atoms with van der Waals surface area (Å²) in [6.07, 6.45) is -0.163. The maximum atomic E-state index is 11.7. The standard InChI is InChI=1S/C14H30N4O4.2ClH/c1-6-9-16-12(19)21-11(4)18(8-3)14(5,15)22-13(20)17-10-7-2;;/h11H,6-10,15H2,1-5H3,(H,16,19)(H,17,20);2*1H. The Morgan fingerprint density at radius 2 is 1.54 bits per heavy atom. The van der Waals surface area contributed by atoms with Crippen molar-refractivity contribution in [2.24, 2.45) is 5.73 Å². The first-order chi connectivity index (χ1) is 10.3. The maximum Gasteiger partial charge on any atom is 0.409 e. The fourth-order valence-electron chi connectivity index (χ4n) is 1.93. The van der Waals surface area contributed by atoms with E-state index in [0.717, 1.165) is 12.8 Å². The highest BCUT2D eigenvalue weighted by molar-refractivity contribution is 5.85.